The van der Waals surface area contributed by atoms with Crippen molar-refractivity contribution in [1.82, 2.24) is 14.4 Å². The van der Waals surface area contributed by atoms with Gasteiger partial charge in [0.1, 0.15) is 5.75 Å². The van der Waals surface area contributed by atoms with Crippen LogP contribution in [0.4, 0.5) is 0 Å². The summed E-state index contributed by atoms with van der Waals surface area (Å²) >= 11 is 0. The first-order valence-corrected chi connectivity index (χ1v) is 11.4. The second kappa shape index (κ2) is 9.86. The van der Waals surface area contributed by atoms with Crippen molar-refractivity contribution in [1.29, 1.82) is 0 Å². The zero-order valence-corrected chi connectivity index (χ0v) is 18.4. The Morgan fingerprint density at radius 2 is 1.87 bits per heavy atom. The largest absolute Gasteiger partial charge is 0.484 e. The number of sulfonamides is 1. The summed E-state index contributed by atoms with van der Waals surface area (Å²) in [5.74, 6) is 1.52. The molecule has 0 spiro atoms. The minimum absolute atomic E-state index is 0.161. The maximum absolute atomic E-state index is 12.8. The highest BCUT2D eigenvalue weighted by molar-refractivity contribution is 7.89. The van der Waals surface area contributed by atoms with E-state index in [1.165, 1.54) is 4.31 Å². The molecule has 0 saturated heterocycles. The predicted octanol–water partition coefficient (Wildman–Crippen LogP) is 3.77. The fraction of sp³-hybridized carbons (Fsp3) is 0.364. The SMILES string of the molecule is CCCc1ccc(S(=O)(=O)N(C)CCc2noc(COc3cccc(C)c3)n2)cc1. The highest BCUT2D eigenvalue weighted by Crippen LogP contribution is 2.17. The van der Waals surface area contributed by atoms with E-state index in [0.717, 1.165) is 29.7 Å². The zero-order valence-electron chi connectivity index (χ0n) is 17.5. The Labute approximate surface area is 177 Å². The second-order valence-corrected chi connectivity index (χ2v) is 9.22. The lowest BCUT2D eigenvalue weighted by Gasteiger charge is -2.16. The number of aryl methyl sites for hydroxylation is 2. The number of hydrogen-bond acceptors (Lipinski definition) is 6. The van der Waals surface area contributed by atoms with Crippen LogP contribution in [0.25, 0.3) is 0 Å². The third-order valence-electron chi connectivity index (χ3n) is 4.68. The van der Waals surface area contributed by atoms with Gasteiger partial charge in [-0.3, -0.25) is 0 Å². The Morgan fingerprint density at radius 1 is 1.10 bits per heavy atom. The van der Waals surface area contributed by atoms with Gasteiger partial charge in [0.25, 0.3) is 5.89 Å². The molecular formula is C22H27N3O4S. The molecule has 0 unspecified atom stereocenters. The molecule has 1 aromatic heterocycles. The van der Waals surface area contributed by atoms with Crippen LogP contribution in [0.15, 0.2) is 57.9 Å². The Bertz CT molecular complexity index is 1060. The van der Waals surface area contributed by atoms with Crippen molar-refractivity contribution >= 4 is 10.0 Å². The molecule has 2 aromatic carbocycles. The molecule has 0 aliphatic heterocycles. The molecule has 0 radical (unpaired) electrons. The Kier molecular flexibility index (Phi) is 7.23. The lowest BCUT2D eigenvalue weighted by Crippen LogP contribution is -2.29. The number of nitrogens with zero attached hydrogens (tertiary/aromatic N) is 3. The quantitative estimate of drug-likeness (QED) is 0.488. The topological polar surface area (TPSA) is 85.5 Å². The van der Waals surface area contributed by atoms with Crippen LogP contribution >= 0.6 is 0 Å². The summed E-state index contributed by atoms with van der Waals surface area (Å²) in [4.78, 5) is 4.56. The van der Waals surface area contributed by atoms with E-state index in [1.807, 2.05) is 43.3 Å². The number of likely N-dealkylation sites (N-methyl/N-ethyl adjacent to an activating group) is 1. The standard InChI is InChI=1S/C22H27N3O4S/c1-4-6-18-9-11-20(12-10-18)30(26,27)25(3)14-13-21-23-22(29-24-21)16-28-19-8-5-7-17(2)15-19/h5,7-12,15H,4,6,13-14,16H2,1-3H3. The average Bonchev–Trinajstić information content (AvgIpc) is 3.19. The summed E-state index contributed by atoms with van der Waals surface area (Å²) < 4.78 is 37.7. The number of benzene rings is 2. The smallest absolute Gasteiger partial charge is 0.264 e. The van der Waals surface area contributed by atoms with Crippen molar-refractivity contribution in [3.05, 3.63) is 71.4 Å². The van der Waals surface area contributed by atoms with Gasteiger partial charge in [0.2, 0.25) is 10.0 Å². The van der Waals surface area contributed by atoms with Crippen molar-refractivity contribution in [2.75, 3.05) is 13.6 Å². The van der Waals surface area contributed by atoms with E-state index in [4.69, 9.17) is 9.26 Å². The Hall–Kier alpha value is -2.71. The van der Waals surface area contributed by atoms with E-state index in [2.05, 4.69) is 17.1 Å². The molecule has 0 amide bonds. The highest BCUT2D eigenvalue weighted by atomic mass is 32.2. The molecule has 0 N–H and O–H groups in total. The summed E-state index contributed by atoms with van der Waals surface area (Å²) in [6.07, 6.45) is 2.30. The Morgan fingerprint density at radius 3 is 2.57 bits per heavy atom. The van der Waals surface area contributed by atoms with Crippen LogP contribution < -0.4 is 4.74 Å². The molecule has 3 rings (SSSR count). The molecule has 30 heavy (non-hydrogen) atoms. The lowest BCUT2D eigenvalue weighted by atomic mass is 10.1. The van der Waals surface area contributed by atoms with Gasteiger partial charge in [-0.2, -0.15) is 4.98 Å². The fourth-order valence-corrected chi connectivity index (χ4v) is 4.15. The summed E-state index contributed by atoms with van der Waals surface area (Å²) in [7, 11) is -2.01. The van der Waals surface area contributed by atoms with Gasteiger partial charge in [-0.25, -0.2) is 12.7 Å². The zero-order chi connectivity index (χ0) is 21.6. The minimum Gasteiger partial charge on any atom is -0.484 e. The fourth-order valence-electron chi connectivity index (χ4n) is 2.97. The second-order valence-electron chi connectivity index (χ2n) is 7.18. The summed E-state index contributed by atoms with van der Waals surface area (Å²) in [5.41, 5.74) is 2.23. The molecule has 0 saturated carbocycles. The average molecular weight is 430 g/mol. The summed E-state index contributed by atoms with van der Waals surface area (Å²) in [6.45, 7) is 4.49. The molecule has 0 fully saturated rings. The van der Waals surface area contributed by atoms with Crippen LogP contribution in [0.1, 0.15) is 36.2 Å². The molecule has 0 aliphatic rings. The molecule has 1 heterocycles. The molecule has 8 heteroatoms. The number of hydrogen-bond donors (Lipinski definition) is 0. The minimum atomic E-state index is -3.56. The van der Waals surface area contributed by atoms with E-state index < -0.39 is 10.0 Å². The third-order valence-corrected chi connectivity index (χ3v) is 6.55. The monoisotopic (exact) mass is 429 g/mol. The summed E-state index contributed by atoms with van der Waals surface area (Å²) in [5, 5.41) is 3.92. The first-order valence-electron chi connectivity index (χ1n) is 9.94. The van der Waals surface area contributed by atoms with Gasteiger partial charge in [0, 0.05) is 20.0 Å². The van der Waals surface area contributed by atoms with Crippen LogP contribution in [-0.4, -0.2) is 36.5 Å². The molecule has 7 nitrogen and oxygen atoms in total. The van der Waals surface area contributed by atoms with Gasteiger partial charge in [-0.15, -0.1) is 0 Å². The van der Waals surface area contributed by atoms with Crippen molar-refractivity contribution in [3.8, 4) is 5.75 Å². The van der Waals surface area contributed by atoms with Crippen molar-refractivity contribution in [2.24, 2.45) is 0 Å². The Balaban J connectivity index is 1.54. The predicted molar refractivity (Wildman–Crippen MR) is 114 cm³/mol. The van der Waals surface area contributed by atoms with Crippen LogP contribution in [0.2, 0.25) is 0 Å². The van der Waals surface area contributed by atoms with E-state index in [9.17, 15) is 8.42 Å². The molecular weight excluding hydrogens is 402 g/mol. The van der Waals surface area contributed by atoms with Crippen molar-refractivity contribution < 1.29 is 17.7 Å². The van der Waals surface area contributed by atoms with Crippen molar-refractivity contribution in [3.63, 3.8) is 0 Å². The van der Waals surface area contributed by atoms with Crippen LogP contribution in [-0.2, 0) is 29.5 Å². The van der Waals surface area contributed by atoms with Gasteiger partial charge in [0.05, 0.1) is 4.90 Å². The van der Waals surface area contributed by atoms with Gasteiger partial charge in [-0.1, -0.05) is 42.8 Å². The number of aromatic nitrogens is 2. The van der Waals surface area contributed by atoms with Gasteiger partial charge in [-0.05, 0) is 48.7 Å². The van der Waals surface area contributed by atoms with E-state index >= 15 is 0 Å². The maximum atomic E-state index is 12.8. The van der Waals surface area contributed by atoms with Crippen LogP contribution in [0.5, 0.6) is 5.75 Å². The van der Waals surface area contributed by atoms with E-state index in [1.54, 1.807) is 19.2 Å². The van der Waals surface area contributed by atoms with Gasteiger partial charge >= 0.3 is 0 Å². The maximum Gasteiger partial charge on any atom is 0.264 e. The normalized spacial score (nSPS) is 11.7. The van der Waals surface area contributed by atoms with Gasteiger partial charge in [0.15, 0.2) is 12.4 Å². The van der Waals surface area contributed by atoms with Crippen LogP contribution in [0, 0.1) is 6.92 Å². The van der Waals surface area contributed by atoms with E-state index in [0.29, 0.717) is 18.1 Å². The lowest BCUT2D eigenvalue weighted by molar-refractivity contribution is 0.242. The number of ether oxygens (including phenoxy) is 1. The van der Waals surface area contributed by atoms with E-state index in [-0.39, 0.29) is 18.0 Å². The number of rotatable bonds is 10. The molecule has 3 aromatic rings. The van der Waals surface area contributed by atoms with Gasteiger partial charge < -0.3 is 9.26 Å². The highest BCUT2D eigenvalue weighted by Gasteiger charge is 2.21. The summed E-state index contributed by atoms with van der Waals surface area (Å²) in [6, 6.07) is 14.7. The molecule has 0 aliphatic carbocycles. The first-order chi connectivity index (χ1) is 14.4. The molecule has 0 bridgehead atoms. The molecule has 160 valence electrons. The first kappa shape index (κ1) is 22.0. The molecule has 0 atom stereocenters. The third kappa shape index (κ3) is 5.67. The van der Waals surface area contributed by atoms with Crippen LogP contribution in [0.3, 0.4) is 0 Å². The van der Waals surface area contributed by atoms with Crippen molar-refractivity contribution in [2.45, 2.75) is 44.6 Å².